The molecule has 0 saturated carbocycles. The van der Waals surface area contributed by atoms with Crippen molar-refractivity contribution < 1.29 is 14.3 Å². The van der Waals surface area contributed by atoms with Gasteiger partial charge in [0.15, 0.2) is 0 Å². The number of aryl methyl sites for hydroxylation is 1. The quantitative estimate of drug-likeness (QED) is 0.450. The lowest BCUT2D eigenvalue weighted by atomic mass is 9.91. The predicted octanol–water partition coefficient (Wildman–Crippen LogP) is 4.38. The van der Waals surface area contributed by atoms with Crippen molar-refractivity contribution in [2.45, 2.75) is 25.3 Å². The molecule has 0 aliphatic heterocycles. The molecule has 31 heavy (non-hydrogen) atoms. The summed E-state index contributed by atoms with van der Waals surface area (Å²) in [5, 5.41) is 11.4. The number of fused-ring (bicyclic) bond motifs is 3. The number of hydrogen-bond donors (Lipinski definition) is 3. The number of aromatic nitrogens is 3. The number of ether oxygens (including phenoxy) is 2. The molecule has 1 aliphatic carbocycles. The number of carbonyl (C=O) groups excluding carboxylic acids is 1. The first-order valence-corrected chi connectivity index (χ1v) is 10.3. The SMILES string of the molecule is COc1ccc(-c2[nH]ncc2C(=O)NC2CCCc3c2[nH]c2ccc(OC)cc32)cc1. The first-order valence-electron chi connectivity index (χ1n) is 10.3. The topological polar surface area (TPSA) is 92.0 Å². The highest BCUT2D eigenvalue weighted by Crippen LogP contribution is 2.36. The molecule has 7 nitrogen and oxygen atoms in total. The van der Waals surface area contributed by atoms with Crippen molar-refractivity contribution in [3.8, 4) is 22.8 Å². The van der Waals surface area contributed by atoms with Crippen LogP contribution in [-0.4, -0.2) is 35.3 Å². The molecule has 0 bridgehead atoms. The average Bonchev–Trinajstić information content (AvgIpc) is 3.44. The minimum atomic E-state index is -0.145. The third-order valence-corrected chi connectivity index (χ3v) is 5.98. The highest BCUT2D eigenvalue weighted by atomic mass is 16.5. The van der Waals surface area contributed by atoms with Crippen molar-refractivity contribution in [1.82, 2.24) is 20.5 Å². The first kappa shape index (κ1) is 19.2. The molecule has 1 atom stereocenters. The number of aromatic amines is 2. The zero-order valence-electron chi connectivity index (χ0n) is 17.5. The van der Waals surface area contributed by atoms with Gasteiger partial charge in [0.2, 0.25) is 0 Å². The van der Waals surface area contributed by atoms with E-state index in [4.69, 9.17) is 9.47 Å². The van der Waals surface area contributed by atoms with Crippen LogP contribution < -0.4 is 14.8 Å². The molecule has 2 heterocycles. The molecule has 4 aromatic rings. The van der Waals surface area contributed by atoms with E-state index in [-0.39, 0.29) is 11.9 Å². The Labute approximate surface area is 179 Å². The van der Waals surface area contributed by atoms with Crippen LogP contribution >= 0.6 is 0 Å². The Kier molecular flexibility index (Phi) is 4.86. The normalized spacial score (nSPS) is 15.5. The lowest BCUT2D eigenvalue weighted by Crippen LogP contribution is -2.31. The zero-order valence-corrected chi connectivity index (χ0v) is 17.5. The van der Waals surface area contributed by atoms with Gasteiger partial charge in [-0.15, -0.1) is 0 Å². The van der Waals surface area contributed by atoms with E-state index in [2.05, 4.69) is 26.6 Å². The summed E-state index contributed by atoms with van der Waals surface area (Å²) in [6, 6.07) is 13.5. The lowest BCUT2D eigenvalue weighted by Gasteiger charge is -2.24. The van der Waals surface area contributed by atoms with E-state index in [1.165, 1.54) is 5.56 Å². The van der Waals surface area contributed by atoms with Crippen LogP contribution in [0.15, 0.2) is 48.7 Å². The van der Waals surface area contributed by atoms with Crippen molar-refractivity contribution in [3.05, 3.63) is 65.5 Å². The van der Waals surface area contributed by atoms with Gasteiger partial charge in [-0.1, -0.05) is 0 Å². The third-order valence-electron chi connectivity index (χ3n) is 5.98. The van der Waals surface area contributed by atoms with Crippen LogP contribution in [-0.2, 0) is 6.42 Å². The number of benzene rings is 2. The van der Waals surface area contributed by atoms with Gasteiger partial charge in [-0.25, -0.2) is 0 Å². The van der Waals surface area contributed by atoms with E-state index < -0.39 is 0 Å². The van der Waals surface area contributed by atoms with Gasteiger partial charge in [0.25, 0.3) is 5.91 Å². The summed E-state index contributed by atoms with van der Waals surface area (Å²) < 4.78 is 10.6. The van der Waals surface area contributed by atoms with Gasteiger partial charge < -0.3 is 19.8 Å². The van der Waals surface area contributed by atoms with E-state index in [1.54, 1.807) is 20.4 Å². The average molecular weight is 416 g/mol. The van der Waals surface area contributed by atoms with Gasteiger partial charge in [-0.05, 0) is 67.3 Å². The van der Waals surface area contributed by atoms with Crippen LogP contribution in [0.25, 0.3) is 22.2 Å². The summed E-state index contributed by atoms with van der Waals surface area (Å²) in [5.74, 6) is 1.45. The Morgan fingerprint density at radius 2 is 1.87 bits per heavy atom. The molecule has 0 saturated heterocycles. The molecular weight excluding hydrogens is 392 g/mol. The lowest BCUT2D eigenvalue weighted by molar-refractivity contribution is 0.0932. The largest absolute Gasteiger partial charge is 0.497 e. The predicted molar refractivity (Wildman–Crippen MR) is 119 cm³/mol. The Balaban J connectivity index is 1.43. The third kappa shape index (κ3) is 3.42. The van der Waals surface area contributed by atoms with E-state index in [0.717, 1.165) is 52.9 Å². The van der Waals surface area contributed by atoms with Gasteiger partial charge >= 0.3 is 0 Å². The molecule has 2 aromatic heterocycles. The number of carbonyl (C=O) groups is 1. The monoisotopic (exact) mass is 416 g/mol. The summed E-state index contributed by atoms with van der Waals surface area (Å²) >= 11 is 0. The number of nitrogens with zero attached hydrogens (tertiary/aromatic N) is 1. The van der Waals surface area contributed by atoms with Gasteiger partial charge in [0, 0.05) is 22.2 Å². The Morgan fingerprint density at radius 3 is 2.65 bits per heavy atom. The minimum absolute atomic E-state index is 0.0757. The summed E-state index contributed by atoms with van der Waals surface area (Å²) in [6.45, 7) is 0. The fourth-order valence-corrected chi connectivity index (χ4v) is 4.39. The molecule has 1 amide bonds. The summed E-state index contributed by atoms with van der Waals surface area (Å²) in [4.78, 5) is 16.7. The molecule has 0 spiro atoms. The number of amides is 1. The molecule has 158 valence electrons. The fraction of sp³-hybridized carbons (Fsp3) is 0.250. The Hall–Kier alpha value is -3.74. The van der Waals surface area contributed by atoms with Crippen molar-refractivity contribution in [3.63, 3.8) is 0 Å². The van der Waals surface area contributed by atoms with E-state index >= 15 is 0 Å². The highest BCUT2D eigenvalue weighted by molar-refractivity contribution is 6.00. The fourth-order valence-electron chi connectivity index (χ4n) is 4.39. The van der Waals surface area contributed by atoms with Crippen molar-refractivity contribution in [2.75, 3.05) is 14.2 Å². The molecule has 7 heteroatoms. The highest BCUT2D eigenvalue weighted by Gasteiger charge is 2.27. The number of H-pyrrole nitrogens is 2. The van der Waals surface area contributed by atoms with Crippen LogP contribution in [0.4, 0.5) is 0 Å². The van der Waals surface area contributed by atoms with Crippen LogP contribution in [0.3, 0.4) is 0 Å². The van der Waals surface area contributed by atoms with Gasteiger partial charge in [0.05, 0.1) is 37.7 Å². The number of rotatable bonds is 5. The number of hydrogen-bond acceptors (Lipinski definition) is 4. The maximum atomic E-state index is 13.2. The van der Waals surface area contributed by atoms with Crippen LogP contribution in [0.1, 0.15) is 40.5 Å². The summed E-state index contributed by atoms with van der Waals surface area (Å²) in [7, 11) is 3.30. The summed E-state index contributed by atoms with van der Waals surface area (Å²) in [5.41, 5.74) is 5.50. The second-order valence-corrected chi connectivity index (χ2v) is 7.73. The second-order valence-electron chi connectivity index (χ2n) is 7.73. The number of methoxy groups -OCH3 is 2. The zero-order chi connectivity index (χ0) is 21.4. The van der Waals surface area contributed by atoms with Gasteiger partial charge in [-0.2, -0.15) is 5.10 Å². The van der Waals surface area contributed by atoms with Crippen LogP contribution in [0, 0.1) is 0 Å². The molecule has 0 radical (unpaired) electrons. The molecule has 0 fully saturated rings. The van der Waals surface area contributed by atoms with Crippen LogP contribution in [0.2, 0.25) is 0 Å². The molecule has 2 aromatic carbocycles. The van der Waals surface area contributed by atoms with E-state index in [1.807, 2.05) is 36.4 Å². The molecule has 3 N–H and O–H groups in total. The Morgan fingerprint density at radius 1 is 1.10 bits per heavy atom. The Bertz CT molecular complexity index is 1240. The summed E-state index contributed by atoms with van der Waals surface area (Å²) in [6.07, 6.45) is 4.46. The van der Waals surface area contributed by atoms with E-state index in [9.17, 15) is 4.79 Å². The molecule has 1 unspecified atom stereocenters. The van der Waals surface area contributed by atoms with Crippen molar-refractivity contribution in [2.24, 2.45) is 0 Å². The minimum Gasteiger partial charge on any atom is -0.497 e. The molecule has 5 rings (SSSR count). The maximum absolute atomic E-state index is 13.2. The van der Waals surface area contributed by atoms with Crippen molar-refractivity contribution in [1.29, 1.82) is 0 Å². The molecule has 1 aliphatic rings. The first-order chi connectivity index (χ1) is 15.2. The second kappa shape index (κ2) is 7.83. The van der Waals surface area contributed by atoms with E-state index in [0.29, 0.717) is 11.3 Å². The standard InChI is InChI=1S/C24H24N4O3/c1-30-15-8-6-14(7-9-15)22-19(13-25-28-22)24(29)27-21-5-3-4-17-18-12-16(31-2)10-11-20(18)26-23(17)21/h6-13,21,26H,3-5H2,1-2H3,(H,25,28)(H,27,29). The van der Waals surface area contributed by atoms with Gasteiger partial charge in [0.1, 0.15) is 11.5 Å². The molecular formula is C24H24N4O3. The van der Waals surface area contributed by atoms with Crippen LogP contribution in [0.5, 0.6) is 11.5 Å². The maximum Gasteiger partial charge on any atom is 0.255 e. The van der Waals surface area contributed by atoms with Gasteiger partial charge in [-0.3, -0.25) is 9.89 Å². The number of nitrogens with one attached hydrogen (secondary N) is 3. The smallest absolute Gasteiger partial charge is 0.255 e. The van der Waals surface area contributed by atoms with Crippen molar-refractivity contribution >= 4 is 16.8 Å².